The summed E-state index contributed by atoms with van der Waals surface area (Å²) >= 11 is 0. The van der Waals surface area contributed by atoms with Crippen LogP contribution in [0.4, 0.5) is 0 Å². The Morgan fingerprint density at radius 2 is 1.79 bits per heavy atom. The highest BCUT2D eigenvalue weighted by Crippen LogP contribution is 2.25. The number of aromatic nitrogens is 1. The number of piperidine rings is 1. The summed E-state index contributed by atoms with van der Waals surface area (Å²) in [5.74, 6) is 0. The minimum atomic E-state index is 0.527. The van der Waals surface area contributed by atoms with Gasteiger partial charge in [-0.15, -0.1) is 0 Å². The van der Waals surface area contributed by atoms with Crippen LogP contribution >= 0.6 is 0 Å². The molecule has 1 saturated heterocycles. The topological polar surface area (TPSA) is 8.17 Å². The Morgan fingerprint density at radius 1 is 1.05 bits per heavy atom. The molecule has 0 N–H and O–H groups in total. The van der Waals surface area contributed by atoms with E-state index >= 15 is 0 Å². The molecule has 0 unspecified atom stereocenters. The van der Waals surface area contributed by atoms with Crippen LogP contribution in [0.1, 0.15) is 44.8 Å². The summed E-state index contributed by atoms with van der Waals surface area (Å²) in [4.78, 5) is 2.61. The van der Waals surface area contributed by atoms with Crippen LogP contribution in [0.3, 0.4) is 0 Å². The molecule has 2 nitrogen and oxygen atoms in total. The summed E-state index contributed by atoms with van der Waals surface area (Å²) in [7, 11) is 0. The van der Waals surface area contributed by atoms with Crippen molar-refractivity contribution in [3.63, 3.8) is 0 Å². The zero-order chi connectivity index (χ0) is 13.2. The minimum Gasteiger partial charge on any atom is -0.341 e. The SMILES string of the molecule is CC(C)n1c(CN2CCCCC2)cc2ccccc21. The zero-order valence-corrected chi connectivity index (χ0v) is 12.1. The molecule has 0 saturated carbocycles. The van der Waals surface area contributed by atoms with Crippen molar-refractivity contribution in [3.05, 3.63) is 36.0 Å². The Kier molecular flexibility index (Phi) is 3.61. The molecule has 1 aromatic carbocycles. The predicted molar refractivity (Wildman–Crippen MR) is 81.5 cm³/mol. The monoisotopic (exact) mass is 256 g/mol. The number of fused-ring (bicyclic) bond motifs is 1. The first-order valence-corrected chi connectivity index (χ1v) is 7.57. The maximum Gasteiger partial charge on any atom is 0.0485 e. The zero-order valence-electron chi connectivity index (χ0n) is 12.1. The van der Waals surface area contributed by atoms with Gasteiger partial charge < -0.3 is 4.57 Å². The van der Waals surface area contributed by atoms with Crippen molar-refractivity contribution in [2.24, 2.45) is 0 Å². The van der Waals surface area contributed by atoms with Crippen LogP contribution in [0.25, 0.3) is 10.9 Å². The second-order valence-electron chi connectivity index (χ2n) is 6.00. The Labute approximate surface area is 116 Å². The van der Waals surface area contributed by atoms with Gasteiger partial charge in [0.2, 0.25) is 0 Å². The van der Waals surface area contributed by atoms with Crippen molar-refractivity contribution in [2.75, 3.05) is 13.1 Å². The molecule has 1 fully saturated rings. The van der Waals surface area contributed by atoms with Gasteiger partial charge in [-0.2, -0.15) is 0 Å². The van der Waals surface area contributed by atoms with Crippen molar-refractivity contribution in [3.8, 4) is 0 Å². The van der Waals surface area contributed by atoms with Crippen LogP contribution in [0.5, 0.6) is 0 Å². The van der Waals surface area contributed by atoms with Gasteiger partial charge in [0.05, 0.1) is 0 Å². The highest BCUT2D eigenvalue weighted by molar-refractivity contribution is 5.81. The average molecular weight is 256 g/mol. The van der Waals surface area contributed by atoms with E-state index in [-0.39, 0.29) is 0 Å². The molecule has 0 spiro atoms. The summed E-state index contributed by atoms with van der Waals surface area (Å²) in [5, 5.41) is 1.38. The lowest BCUT2D eigenvalue weighted by atomic mass is 10.1. The van der Waals surface area contributed by atoms with Crippen LogP contribution < -0.4 is 0 Å². The third-order valence-corrected chi connectivity index (χ3v) is 4.18. The van der Waals surface area contributed by atoms with Crippen molar-refractivity contribution < 1.29 is 0 Å². The molecule has 19 heavy (non-hydrogen) atoms. The standard InChI is InChI=1S/C17H24N2/c1-14(2)19-16(13-18-10-6-3-7-11-18)12-15-8-4-5-9-17(15)19/h4-5,8-9,12,14H,3,6-7,10-11,13H2,1-2H3. The summed E-state index contributed by atoms with van der Waals surface area (Å²) in [5.41, 5.74) is 2.85. The fourth-order valence-electron chi connectivity index (χ4n) is 3.31. The van der Waals surface area contributed by atoms with E-state index in [1.54, 1.807) is 0 Å². The largest absolute Gasteiger partial charge is 0.341 e. The van der Waals surface area contributed by atoms with E-state index in [0.29, 0.717) is 6.04 Å². The van der Waals surface area contributed by atoms with Gasteiger partial charge in [-0.1, -0.05) is 24.6 Å². The average Bonchev–Trinajstić information content (AvgIpc) is 2.77. The number of nitrogens with zero attached hydrogens (tertiary/aromatic N) is 2. The summed E-state index contributed by atoms with van der Waals surface area (Å²) < 4.78 is 2.50. The molecule has 1 aromatic heterocycles. The van der Waals surface area contributed by atoms with Crippen molar-refractivity contribution in [1.82, 2.24) is 9.47 Å². The minimum absolute atomic E-state index is 0.527. The molecular weight excluding hydrogens is 232 g/mol. The molecule has 0 amide bonds. The Hall–Kier alpha value is -1.28. The maximum atomic E-state index is 2.61. The van der Waals surface area contributed by atoms with Crippen molar-refractivity contribution in [1.29, 1.82) is 0 Å². The highest BCUT2D eigenvalue weighted by Gasteiger charge is 2.16. The van der Waals surface area contributed by atoms with Gasteiger partial charge in [0.15, 0.2) is 0 Å². The predicted octanol–water partition coefficient (Wildman–Crippen LogP) is 4.21. The second kappa shape index (κ2) is 5.38. The maximum absolute atomic E-state index is 2.61. The molecule has 2 heterocycles. The molecule has 102 valence electrons. The van der Waals surface area contributed by atoms with Crippen LogP contribution in [-0.4, -0.2) is 22.6 Å². The van der Waals surface area contributed by atoms with Crippen molar-refractivity contribution in [2.45, 2.75) is 45.7 Å². The Balaban J connectivity index is 1.95. The van der Waals surface area contributed by atoms with Crippen LogP contribution in [0.15, 0.2) is 30.3 Å². The Morgan fingerprint density at radius 3 is 2.53 bits per heavy atom. The molecule has 0 aliphatic carbocycles. The molecule has 0 bridgehead atoms. The smallest absolute Gasteiger partial charge is 0.0485 e. The first-order valence-electron chi connectivity index (χ1n) is 7.57. The lowest BCUT2D eigenvalue weighted by Gasteiger charge is -2.27. The summed E-state index contributed by atoms with van der Waals surface area (Å²) in [6.07, 6.45) is 4.13. The number of hydrogen-bond acceptors (Lipinski definition) is 1. The first-order chi connectivity index (χ1) is 9.25. The van der Waals surface area contributed by atoms with Gasteiger partial charge in [0, 0.05) is 23.8 Å². The van der Waals surface area contributed by atoms with Gasteiger partial charge in [-0.05, 0) is 57.3 Å². The number of hydrogen-bond donors (Lipinski definition) is 0. The molecule has 3 rings (SSSR count). The molecule has 2 heteroatoms. The summed E-state index contributed by atoms with van der Waals surface area (Å²) in [6.45, 7) is 8.20. The molecular formula is C17H24N2. The van der Waals surface area contributed by atoms with Crippen LogP contribution in [0, 0.1) is 0 Å². The van der Waals surface area contributed by atoms with Gasteiger partial charge in [0.25, 0.3) is 0 Å². The molecule has 2 aromatic rings. The van der Waals surface area contributed by atoms with Crippen LogP contribution in [-0.2, 0) is 6.54 Å². The number of rotatable bonds is 3. The van der Waals surface area contributed by atoms with E-state index in [2.05, 4.69) is 53.6 Å². The quantitative estimate of drug-likeness (QED) is 0.798. The first kappa shape index (κ1) is 12.7. The van der Waals surface area contributed by atoms with E-state index < -0.39 is 0 Å². The molecule has 1 aliphatic heterocycles. The number of para-hydroxylation sites is 1. The fourth-order valence-corrected chi connectivity index (χ4v) is 3.31. The van der Waals surface area contributed by atoms with Crippen molar-refractivity contribution >= 4 is 10.9 Å². The second-order valence-corrected chi connectivity index (χ2v) is 6.00. The van der Waals surface area contributed by atoms with E-state index in [4.69, 9.17) is 0 Å². The van der Waals surface area contributed by atoms with Gasteiger partial charge in [-0.3, -0.25) is 4.90 Å². The lowest BCUT2D eigenvalue weighted by molar-refractivity contribution is 0.215. The van der Waals surface area contributed by atoms with E-state index in [0.717, 1.165) is 6.54 Å². The van der Waals surface area contributed by atoms with E-state index in [1.165, 1.54) is 48.9 Å². The normalized spacial score (nSPS) is 17.4. The third kappa shape index (κ3) is 2.55. The molecule has 0 radical (unpaired) electrons. The molecule has 0 atom stereocenters. The highest BCUT2D eigenvalue weighted by atomic mass is 15.2. The fraction of sp³-hybridized carbons (Fsp3) is 0.529. The number of likely N-dealkylation sites (tertiary alicyclic amines) is 1. The Bertz CT molecular complexity index is 547. The summed E-state index contributed by atoms with van der Waals surface area (Å²) in [6, 6.07) is 11.7. The van der Waals surface area contributed by atoms with Gasteiger partial charge >= 0.3 is 0 Å². The third-order valence-electron chi connectivity index (χ3n) is 4.18. The lowest BCUT2D eigenvalue weighted by Crippen LogP contribution is -2.30. The number of benzene rings is 1. The van der Waals surface area contributed by atoms with Gasteiger partial charge in [-0.25, -0.2) is 0 Å². The molecule has 1 aliphatic rings. The van der Waals surface area contributed by atoms with Gasteiger partial charge in [0.1, 0.15) is 0 Å². The van der Waals surface area contributed by atoms with E-state index in [1.807, 2.05) is 0 Å². The van der Waals surface area contributed by atoms with E-state index in [9.17, 15) is 0 Å². The van der Waals surface area contributed by atoms with Crippen LogP contribution in [0.2, 0.25) is 0 Å².